The summed E-state index contributed by atoms with van der Waals surface area (Å²) in [5.41, 5.74) is 0. The predicted octanol–water partition coefficient (Wildman–Crippen LogP) is -5.19. The van der Waals surface area contributed by atoms with Gasteiger partial charge in [-0.15, -0.1) is 0 Å². The van der Waals surface area contributed by atoms with Crippen LogP contribution in [0.1, 0.15) is 27.7 Å². The van der Waals surface area contributed by atoms with Crippen LogP contribution in [0.5, 0.6) is 0 Å². The second kappa shape index (κ2) is 14.9. The molecule has 14 nitrogen and oxygen atoms in total. The maximum Gasteiger partial charge on any atom is 0.114 e. The smallest absolute Gasteiger partial charge is 0.114 e. The lowest BCUT2D eigenvalue weighted by Gasteiger charge is -2.39. The molecule has 0 saturated carbocycles. The van der Waals surface area contributed by atoms with Crippen molar-refractivity contribution < 1.29 is 60.5 Å². The standard InChI is InChI=1S/C24H48N2O12/c1-11(2)37-23(17(31)9-25-5-13(27)19(33)20(34)14(28)6-25)24(38-12(3)4)18(32)10-26-7-15(29)21(35)22(36)16(30)8-26/h11-24,27-36H,5-10H2,1-4H3/t13-,14-,15-,16-,17-,18-,19-,20-,21-,22-,23-,24-/m1/s1. The SMILES string of the molecule is CC(C)O[C@@H]([C@H](OC(C)C)[C@H](O)CN1C[C@@H](O)[C@@H](O)[C@H](O)[C@H](O)C1)[C@H](O)CN1C[C@@H](O)[C@@H](O)[C@H](O)[C@H](O)C1. The average molecular weight is 557 g/mol. The zero-order valence-corrected chi connectivity index (χ0v) is 22.5. The molecule has 0 aliphatic carbocycles. The first-order valence-corrected chi connectivity index (χ1v) is 13.2. The monoisotopic (exact) mass is 556 g/mol. The Kier molecular flexibility index (Phi) is 13.2. The quantitative estimate of drug-likeness (QED) is 0.115. The summed E-state index contributed by atoms with van der Waals surface area (Å²) in [7, 11) is 0. The van der Waals surface area contributed by atoms with Gasteiger partial charge in [0.2, 0.25) is 0 Å². The Balaban J connectivity index is 2.23. The van der Waals surface area contributed by atoms with Crippen molar-refractivity contribution in [3.05, 3.63) is 0 Å². The van der Waals surface area contributed by atoms with Crippen molar-refractivity contribution in [1.82, 2.24) is 9.80 Å². The highest BCUT2D eigenvalue weighted by Gasteiger charge is 2.42. The molecule has 0 unspecified atom stereocenters. The van der Waals surface area contributed by atoms with E-state index >= 15 is 0 Å². The Hall–Kier alpha value is -0.560. The van der Waals surface area contributed by atoms with Crippen LogP contribution in [0.2, 0.25) is 0 Å². The van der Waals surface area contributed by atoms with Gasteiger partial charge >= 0.3 is 0 Å². The summed E-state index contributed by atoms with van der Waals surface area (Å²) in [5.74, 6) is 0. The third kappa shape index (κ3) is 9.24. The topological polar surface area (TPSA) is 227 Å². The second-order valence-electron chi connectivity index (χ2n) is 11.1. The second-order valence-corrected chi connectivity index (χ2v) is 11.1. The van der Waals surface area contributed by atoms with Gasteiger partial charge in [-0.3, -0.25) is 9.80 Å². The molecule has 2 aliphatic heterocycles. The number of nitrogens with zero attached hydrogens (tertiary/aromatic N) is 2. The Labute approximate surface area is 223 Å². The van der Waals surface area contributed by atoms with Crippen molar-refractivity contribution in [2.75, 3.05) is 39.3 Å². The number of ether oxygens (including phenoxy) is 2. The molecular weight excluding hydrogens is 508 g/mol. The van der Waals surface area contributed by atoms with E-state index in [1.54, 1.807) is 27.7 Å². The molecule has 0 bridgehead atoms. The molecule has 0 radical (unpaired) electrons. The Bertz CT molecular complexity index is 603. The summed E-state index contributed by atoms with van der Waals surface area (Å²) in [6, 6.07) is 0. The molecule has 2 aliphatic rings. The van der Waals surface area contributed by atoms with Crippen LogP contribution < -0.4 is 0 Å². The molecule has 2 heterocycles. The molecule has 12 atom stereocenters. The molecule has 2 fully saturated rings. The third-order valence-corrected chi connectivity index (χ3v) is 6.89. The van der Waals surface area contributed by atoms with Crippen LogP contribution in [0.25, 0.3) is 0 Å². The molecular formula is C24H48N2O12. The van der Waals surface area contributed by atoms with Crippen LogP contribution in [0.4, 0.5) is 0 Å². The number of β-amino-alcohol motifs (C(OH)–C–C–N with tert-alkyl or cyclic N) is 6. The lowest BCUT2D eigenvalue weighted by atomic mass is 10.00. The summed E-state index contributed by atoms with van der Waals surface area (Å²) >= 11 is 0. The Morgan fingerprint density at radius 1 is 0.526 bits per heavy atom. The van der Waals surface area contributed by atoms with E-state index in [2.05, 4.69) is 0 Å². The Morgan fingerprint density at radius 2 is 0.763 bits per heavy atom. The molecule has 0 spiro atoms. The van der Waals surface area contributed by atoms with Crippen LogP contribution in [0.15, 0.2) is 0 Å². The summed E-state index contributed by atoms with van der Waals surface area (Å²) in [6.45, 7) is 6.03. The van der Waals surface area contributed by atoms with E-state index in [1.165, 1.54) is 9.80 Å². The number of aliphatic hydroxyl groups is 10. The van der Waals surface area contributed by atoms with Crippen LogP contribution in [0.3, 0.4) is 0 Å². The zero-order chi connectivity index (χ0) is 28.9. The molecule has 10 N–H and O–H groups in total. The summed E-state index contributed by atoms with van der Waals surface area (Å²) < 4.78 is 11.9. The van der Waals surface area contributed by atoms with E-state index in [-0.39, 0.29) is 39.3 Å². The maximum absolute atomic E-state index is 11.2. The van der Waals surface area contributed by atoms with Gasteiger partial charge in [0.25, 0.3) is 0 Å². The van der Waals surface area contributed by atoms with E-state index in [9.17, 15) is 51.1 Å². The van der Waals surface area contributed by atoms with Crippen molar-refractivity contribution in [2.45, 2.75) is 113 Å². The molecule has 2 saturated heterocycles. The van der Waals surface area contributed by atoms with Gasteiger partial charge in [0.05, 0.1) is 48.8 Å². The predicted molar refractivity (Wildman–Crippen MR) is 133 cm³/mol. The highest BCUT2D eigenvalue weighted by molar-refractivity contribution is 4.94. The maximum atomic E-state index is 11.2. The fourth-order valence-corrected chi connectivity index (χ4v) is 4.99. The third-order valence-electron chi connectivity index (χ3n) is 6.89. The van der Waals surface area contributed by atoms with Gasteiger partial charge in [-0.2, -0.15) is 0 Å². The van der Waals surface area contributed by atoms with Crippen LogP contribution in [0, 0.1) is 0 Å². The first kappa shape index (κ1) is 33.6. The van der Waals surface area contributed by atoms with Gasteiger partial charge in [-0.25, -0.2) is 0 Å². The van der Waals surface area contributed by atoms with Gasteiger partial charge < -0.3 is 60.5 Å². The van der Waals surface area contributed by atoms with Crippen LogP contribution in [-0.4, -0.2) is 186 Å². The highest BCUT2D eigenvalue weighted by atomic mass is 16.6. The normalized spacial score (nSPS) is 37.6. The van der Waals surface area contributed by atoms with Crippen LogP contribution >= 0.6 is 0 Å². The average Bonchev–Trinajstić information content (AvgIpc) is 2.96. The van der Waals surface area contributed by atoms with Gasteiger partial charge in [-0.05, 0) is 27.7 Å². The molecule has 0 amide bonds. The van der Waals surface area contributed by atoms with Crippen molar-refractivity contribution in [3.63, 3.8) is 0 Å². The van der Waals surface area contributed by atoms with E-state index in [1.807, 2.05) is 0 Å². The number of aliphatic hydroxyl groups excluding tert-OH is 10. The van der Waals surface area contributed by atoms with E-state index in [0.717, 1.165) is 0 Å². The number of rotatable bonds is 11. The molecule has 2 rings (SSSR count). The summed E-state index contributed by atoms with van der Waals surface area (Å²) in [6.07, 6.45) is -17.4. The van der Waals surface area contributed by atoms with Gasteiger partial charge in [0.15, 0.2) is 0 Å². The van der Waals surface area contributed by atoms with Gasteiger partial charge in [-0.1, -0.05) is 0 Å². The molecule has 38 heavy (non-hydrogen) atoms. The minimum absolute atomic E-state index is 0.146. The van der Waals surface area contributed by atoms with Crippen LogP contribution in [-0.2, 0) is 9.47 Å². The molecule has 0 aromatic heterocycles. The first-order chi connectivity index (χ1) is 17.6. The zero-order valence-electron chi connectivity index (χ0n) is 22.5. The van der Waals surface area contributed by atoms with E-state index < -0.39 is 85.5 Å². The minimum atomic E-state index is -1.56. The molecule has 14 heteroatoms. The number of hydrogen-bond acceptors (Lipinski definition) is 14. The van der Waals surface area contributed by atoms with Crippen molar-refractivity contribution in [2.24, 2.45) is 0 Å². The van der Waals surface area contributed by atoms with Crippen molar-refractivity contribution in [3.8, 4) is 0 Å². The molecule has 226 valence electrons. The van der Waals surface area contributed by atoms with E-state index in [0.29, 0.717) is 0 Å². The fraction of sp³-hybridized carbons (Fsp3) is 1.00. The van der Waals surface area contributed by atoms with Crippen molar-refractivity contribution in [1.29, 1.82) is 0 Å². The largest absolute Gasteiger partial charge is 0.389 e. The first-order valence-electron chi connectivity index (χ1n) is 13.2. The Morgan fingerprint density at radius 3 is 0.974 bits per heavy atom. The molecule has 0 aromatic carbocycles. The van der Waals surface area contributed by atoms with Gasteiger partial charge in [0, 0.05) is 39.3 Å². The summed E-state index contributed by atoms with van der Waals surface area (Å²) in [5, 5.41) is 103. The van der Waals surface area contributed by atoms with E-state index in [4.69, 9.17) is 9.47 Å². The number of hydrogen-bond donors (Lipinski definition) is 10. The fourth-order valence-electron chi connectivity index (χ4n) is 4.99. The van der Waals surface area contributed by atoms with Crippen molar-refractivity contribution >= 4 is 0 Å². The lowest BCUT2D eigenvalue weighted by Crippen LogP contribution is -2.56. The minimum Gasteiger partial charge on any atom is -0.389 e. The summed E-state index contributed by atoms with van der Waals surface area (Å²) in [4.78, 5) is 2.94. The highest BCUT2D eigenvalue weighted by Crippen LogP contribution is 2.22. The number of likely N-dealkylation sites (tertiary alicyclic amines) is 2. The molecule has 0 aromatic rings. The lowest BCUT2D eigenvalue weighted by molar-refractivity contribution is -0.187. The van der Waals surface area contributed by atoms with Gasteiger partial charge in [0.1, 0.15) is 36.6 Å².